The van der Waals surface area contributed by atoms with Gasteiger partial charge in [0, 0.05) is 4.90 Å². The molecular weight excluding hydrogens is 451 g/mol. The molecule has 29 heavy (non-hydrogen) atoms. The standard InChI is InChI=1S/C20H16Cl2F4O2S/c1-3-28-19(27)13-6-4-11(8-17(13)29-2)5-7-14(20(24,25)26)12-9-15(21)18(23)16(22)10-12/h4-10,14H,3H2,1-2H3/b7-5+. The van der Waals surface area contributed by atoms with Gasteiger partial charge in [-0.15, -0.1) is 11.8 Å². The van der Waals surface area contributed by atoms with Crippen LogP contribution in [-0.4, -0.2) is 25.0 Å². The highest BCUT2D eigenvalue weighted by atomic mass is 35.5. The van der Waals surface area contributed by atoms with Gasteiger partial charge in [-0.25, -0.2) is 9.18 Å². The van der Waals surface area contributed by atoms with E-state index in [0.717, 1.165) is 18.2 Å². The molecule has 0 aliphatic rings. The number of benzene rings is 2. The van der Waals surface area contributed by atoms with Gasteiger partial charge in [-0.2, -0.15) is 13.2 Å². The van der Waals surface area contributed by atoms with Crippen molar-refractivity contribution < 1.29 is 27.1 Å². The molecule has 0 N–H and O–H groups in total. The molecule has 0 fully saturated rings. The van der Waals surface area contributed by atoms with Gasteiger partial charge in [-0.1, -0.05) is 41.4 Å². The summed E-state index contributed by atoms with van der Waals surface area (Å²) in [7, 11) is 0. The van der Waals surface area contributed by atoms with Crippen LogP contribution in [0.15, 0.2) is 41.3 Å². The van der Waals surface area contributed by atoms with Gasteiger partial charge in [0.15, 0.2) is 5.82 Å². The number of hydrogen-bond acceptors (Lipinski definition) is 3. The van der Waals surface area contributed by atoms with Crippen LogP contribution in [0.5, 0.6) is 0 Å². The Morgan fingerprint density at radius 3 is 2.34 bits per heavy atom. The lowest BCUT2D eigenvalue weighted by molar-refractivity contribution is -0.139. The summed E-state index contributed by atoms with van der Waals surface area (Å²) in [6, 6.07) is 6.41. The molecule has 0 aliphatic carbocycles. The zero-order valence-electron chi connectivity index (χ0n) is 15.3. The summed E-state index contributed by atoms with van der Waals surface area (Å²) in [4.78, 5) is 12.5. The summed E-state index contributed by atoms with van der Waals surface area (Å²) >= 11 is 12.6. The molecule has 0 spiro atoms. The summed E-state index contributed by atoms with van der Waals surface area (Å²) in [6.45, 7) is 1.89. The lowest BCUT2D eigenvalue weighted by atomic mass is 9.97. The summed E-state index contributed by atoms with van der Waals surface area (Å²) in [5, 5.41) is -0.975. The van der Waals surface area contributed by atoms with Crippen LogP contribution in [0.2, 0.25) is 10.0 Å². The molecule has 0 bridgehead atoms. The molecule has 2 nitrogen and oxygen atoms in total. The maximum atomic E-state index is 13.6. The van der Waals surface area contributed by atoms with E-state index in [1.807, 2.05) is 0 Å². The first kappa shape index (κ1) is 23.6. The van der Waals surface area contributed by atoms with Crippen LogP contribution in [0.1, 0.15) is 34.3 Å². The number of carbonyl (C=O) groups excluding carboxylic acids is 1. The Balaban J connectivity index is 2.41. The van der Waals surface area contributed by atoms with Gasteiger partial charge in [0.2, 0.25) is 0 Å². The second-order valence-electron chi connectivity index (χ2n) is 5.86. The monoisotopic (exact) mass is 466 g/mol. The van der Waals surface area contributed by atoms with E-state index in [-0.39, 0.29) is 12.2 Å². The number of hydrogen-bond donors (Lipinski definition) is 0. The molecule has 0 radical (unpaired) electrons. The van der Waals surface area contributed by atoms with Crippen LogP contribution in [0.25, 0.3) is 6.08 Å². The summed E-state index contributed by atoms with van der Waals surface area (Å²) in [6.07, 6.45) is -0.692. The van der Waals surface area contributed by atoms with Crippen LogP contribution < -0.4 is 0 Å². The van der Waals surface area contributed by atoms with Crippen molar-refractivity contribution in [1.29, 1.82) is 0 Å². The van der Waals surface area contributed by atoms with Crippen molar-refractivity contribution in [2.24, 2.45) is 0 Å². The van der Waals surface area contributed by atoms with E-state index >= 15 is 0 Å². The molecule has 0 amide bonds. The van der Waals surface area contributed by atoms with Gasteiger partial charge in [0.25, 0.3) is 0 Å². The Labute approximate surface area is 179 Å². The molecule has 9 heteroatoms. The zero-order valence-corrected chi connectivity index (χ0v) is 17.6. The number of carbonyl (C=O) groups is 1. The lowest BCUT2D eigenvalue weighted by Gasteiger charge is -2.18. The van der Waals surface area contributed by atoms with Crippen LogP contribution in [0.3, 0.4) is 0 Å². The maximum absolute atomic E-state index is 13.6. The fourth-order valence-electron chi connectivity index (χ4n) is 2.56. The van der Waals surface area contributed by atoms with Crippen molar-refractivity contribution in [3.63, 3.8) is 0 Å². The molecule has 0 aliphatic heterocycles. The Morgan fingerprint density at radius 2 is 1.83 bits per heavy atom. The van der Waals surface area contributed by atoms with Crippen LogP contribution >= 0.6 is 35.0 Å². The highest BCUT2D eigenvalue weighted by Gasteiger charge is 2.39. The molecule has 0 saturated carbocycles. The van der Waals surface area contributed by atoms with Gasteiger partial charge >= 0.3 is 12.1 Å². The third-order valence-corrected chi connectivity index (χ3v) is 5.25. The normalized spacial score (nSPS) is 13.0. The molecule has 0 saturated heterocycles. The Hall–Kier alpha value is -1.70. The van der Waals surface area contributed by atoms with E-state index in [4.69, 9.17) is 27.9 Å². The molecule has 2 aromatic rings. The molecule has 2 aromatic carbocycles. The number of thioether (sulfide) groups is 1. The van der Waals surface area contributed by atoms with Gasteiger partial charge in [-0.05, 0) is 48.6 Å². The SMILES string of the molecule is CCOC(=O)c1ccc(/C=C/C(c2cc(Cl)c(F)c(Cl)c2)C(F)(F)F)cc1SC. The molecule has 0 aromatic heterocycles. The van der Waals surface area contributed by atoms with E-state index in [9.17, 15) is 22.4 Å². The first-order valence-corrected chi connectivity index (χ1v) is 10.3. The number of ether oxygens (including phenoxy) is 1. The van der Waals surface area contributed by atoms with Crippen LogP contribution in [-0.2, 0) is 4.74 Å². The second kappa shape index (κ2) is 9.87. The first-order valence-electron chi connectivity index (χ1n) is 8.33. The lowest BCUT2D eigenvalue weighted by Crippen LogP contribution is -2.19. The second-order valence-corrected chi connectivity index (χ2v) is 7.52. The Bertz CT molecular complexity index is 906. The largest absolute Gasteiger partial charge is 0.462 e. The fourth-order valence-corrected chi connectivity index (χ4v) is 3.69. The molecule has 0 heterocycles. The fraction of sp³-hybridized carbons (Fsp3) is 0.250. The van der Waals surface area contributed by atoms with E-state index in [2.05, 4.69) is 0 Å². The number of allylic oxidation sites excluding steroid dienone is 1. The van der Waals surface area contributed by atoms with E-state index < -0.39 is 33.9 Å². The summed E-state index contributed by atoms with van der Waals surface area (Å²) in [5.41, 5.74) is 0.510. The average Bonchev–Trinajstić information content (AvgIpc) is 2.65. The van der Waals surface area contributed by atoms with Gasteiger partial charge in [0.05, 0.1) is 28.1 Å². The van der Waals surface area contributed by atoms with Gasteiger partial charge in [-0.3, -0.25) is 0 Å². The predicted molar refractivity (Wildman–Crippen MR) is 108 cm³/mol. The minimum atomic E-state index is -4.64. The van der Waals surface area contributed by atoms with Crippen molar-refractivity contribution in [2.75, 3.05) is 12.9 Å². The van der Waals surface area contributed by atoms with Gasteiger partial charge < -0.3 is 4.74 Å². The highest BCUT2D eigenvalue weighted by Crippen LogP contribution is 2.39. The van der Waals surface area contributed by atoms with Crippen molar-refractivity contribution in [1.82, 2.24) is 0 Å². The van der Waals surface area contributed by atoms with Crippen molar-refractivity contribution >= 4 is 47.0 Å². The Kier molecular flexibility index (Phi) is 8.02. The average molecular weight is 467 g/mol. The molecule has 156 valence electrons. The van der Waals surface area contributed by atoms with E-state index in [1.165, 1.54) is 30.0 Å². The highest BCUT2D eigenvalue weighted by molar-refractivity contribution is 7.98. The summed E-state index contributed by atoms with van der Waals surface area (Å²) in [5.74, 6) is -3.52. The smallest absolute Gasteiger partial charge is 0.399 e. The van der Waals surface area contributed by atoms with E-state index in [0.29, 0.717) is 16.0 Å². The number of halogens is 6. The van der Waals surface area contributed by atoms with Crippen molar-refractivity contribution in [3.05, 3.63) is 69.0 Å². The number of alkyl halides is 3. The minimum absolute atomic E-state index is 0.213. The van der Waals surface area contributed by atoms with E-state index in [1.54, 1.807) is 19.2 Å². The number of esters is 1. The van der Waals surface area contributed by atoms with Crippen molar-refractivity contribution in [2.45, 2.75) is 23.9 Å². The van der Waals surface area contributed by atoms with Gasteiger partial charge in [0.1, 0.15) is 0 Å². The third kappa shape index (κ3) is 5.90. The Morgan fingerprint density at radius 1 is 1.21 bits per heavy atom. The molecule has 1 atom stereocenters. The zero-order chi connectivity index (χ0) is 21.8. The third-order valence-electron chi connectivity index (χ3n) is 3.92. The first-order chi connectivity index (χ1) is 13.6. The summed E-state index contributed by atoms with van der Waals surface area (Å²) < 4.78 is 59.3. The minimum Gasteiger partial charge on any atom is -0.462 e. The topological polar surface area (TPSA) is 26.3 Å². The van der Waals surface area contributed by atoms with Crippen LogP contribution in [0, 0.1) is 5.82 Å². The number of rotatable bonds is 6. The predicted octanol–water partition coefficient (Wildman–Crippen LogP) is 7.39. The quantitative estimate of drug-likeness (QED) is 0.192. The molecule has 2 rings (SSSR count). The van der Waals surface area contributed by atoms with Crippen LogP contribution in [0.4, 0.5) is 17.6 Å². The maximum Gasteiger partial charge on any atom is 0.399 e. The molecule has 1 unspecified atom stereocenters. The van der Waals surface area contributed by atoms with Crippen molar-refractivity contribution in [3.8, 4) is 0 Å². The molecular formula is C20H16Cl2F4O2S.